The summed E-state index contributed by atoms with van der Waals surface area (Å²) in [5.74, 6) is -1.07. The van der Waals surface area contributed by atoms with Gasteiger partial charge in [-0.25, -0.2) is 0 Å². The molecular weight excluding hydrogens is 416 g/mol. The van der Waals surface area contributed by atoms with Gasteiger partial charge in [0, 0.05) is 0 Å². The molecular formula is C20H26O11. The molecule has 0 aromatic heterocycles. The van der Waals surface area contributed by atoms with Crippen LogP contribution in [0.2, 0.25) is 0 Å². The fourth-order valence-electron chi connectivity index (χ4n) is 3.04. The molecule has 0 saturated carbocycles. The van der Waals surface area contributed by atoms with Gasteiger partial charge in [0.1, 0.15) is 0 Å². The van der Waals surface area contributed by atoms with Crippen LogP contribution in [0.5, 0.6) is 69.0 Å². The van der Waals surface area contributed by atoms with E-state index in [0.29, 0.717) is 0 Å². The predicted molar refractivity (Wildman–Crippen MR) is 109 cm³/mol. The number of hydrogen-bond donors (Lipinski definition) is 2. The normalized spacial score (nSPS) is 10.2. The summed E-state index contributed by atoms with van der Waals surface area (Å²) in [5, 5.41) is 21.0. The number of benzene rings is 2. The van der Waals surface area contributed by atoms with Gasteiger partial charge < -0.3 is 52.8 Å². The third kappa shape index (κ3) is 3.74. The Morgan fingerprint density at radius 1 is 0.323 bits per heavy atom. The van der Waals surface area contributed by atoms with Gasteiger partial charge in [-0.15, -0.1) is 0 Å². The van der Waals surface area contributed by atoms with Crippen molar-refractivity contribution in [1.82, 2.24) is 0 Å². The molecule has 0 amide bonds. The summed E-state index contributed by atoms with van der Waals surface area (Å²) in [6.45, 7) is 0. The lowest BCUT2D eigenvalue weighted by Crippen LogP contribution is -2.04. The Morgan fingerprint density at radius 2 is 0.516 bits per heavy atom. The Hall–Kier alpha value is -3.76. The van der Waals surface area contributed by atoms with E-state index in [2.05, 4.69) is 0 Å². The monoisotopic (exact) mass is 442 g/mol. The molecule has 11 heteroatoms. The second-order valence-corrected chi connectivity index (χ2v) is 5.72. The van der Waals surface area contributed by atoms with Gasteiger partial charge in [0.2, 0.25) is 69.0 Å². The lowest BCUT2D eigenvalue weighted by Gasteiger charge is -2.23. The van der Waals surface area contributed by atoms with Crippen molar-refractivity contribution in [2.75, 3.05) is 56.9 Å². The van der Waals surface area contributed by atoms with Crippen LogP contribution in [0.4, 0.5) is 0 Å². The zero-order valence-corrected chi connectivity index (χ0v) is 18.6. The van der Waals surface area contributed by atoms with E-state index in [1.807, 2.05) is 0 Å². The van der Waals surface area contributed by atoms with Crippen LogP contribution in [0, 0.1) is 0 Å². The molecule has 0 radical (unpaired) electrons. The molecule has 0 fully saturated rings. The number of hydrogen-bond acceptors (Lipinski definition) is 11. The average Bonchev–Trinajstić information content (AvgIpc) is 2.78. The van der Waals surface area contributed by atoms with Crippen molar-refractivity contribution < 1.29 is 52.8 Å². The van der Waals surface area contributed by atoms with E-state index in [9.17, 15) is 10.2 Å². The summed E-state index contributed by atoms with van der Waals surface area (Å²) in [6, 6.07) is 0. The molecule has 0 bridgehead atoms. The van der Waals surface area contributed by atoms with Gasteiger partial charge in [-0.1, -0.05) is 0 Å². The van der Waals surface area contributed by atoms with Crippen molar-refractivity contribution in [3.05, 3.63) is 0 Å². The van der Waals surface area contributed by atoms with Gasteiger partial charge in [-0.3, -0.25) is 0 Å². The SMILES string of the molecule is COc1c(O)c(OC)c(OC)c(Oc2c(OC)c(OC)c(O)c(OC)c2OC)c1OC. The van der Waals surface area contributed by atoms with Gasteiger partial charge in [0.05, 0.1) is 56.9 Å². The molecule has 0 aliphatic heterocycles. The first kappa shape index (κ1) is 23.5. The molecule has 11 nitrogen and oxygen atoms in total. The first-order valence-electron chi connectivity index (χ1n) is 8.75. The van der Waals surface area contributed by atoms with Gasteiger partial charge >= 0.3 is 0 Å². The molecule has 0 aliphatic carbocycles. The summed E-state index contributed by atoms with van der Waals surface area (Å²) in [7, 11) is 10.7. The van der Waals surface area contributed by atoms with Gasteiger partial charge in [0.25, 0.3) is 0 Å². The van der Waals surface area contributed by atoms with Crippen molar-refractivity contribution in [3.63, 3.8) is 0 Å². The minimum Gasteiger partial charge on any atom is -0.501 e. The molecule has 2 aromatic rings. The summed E-state index contributed by atoms with van der Waals surface area (Å²) in [5.41, 5.74) is 0. The number of phenolic OH excluding ortho intramolecular Hbond substituents is 2. The third-order valence-electron chi connectivity index (χ3n) is 4.35. The van der Waals surface area contributed by atoms with E-state index in [-0.39, 0.29) is 69.0 Å². The van der Waals surface area contributed by atoms with E-state index in [1.165, 1.54) is 56.9 Å². The molecule has 0 spiro atoms. The zero-order valence-electron chi connectivity index (χ0n) is 18.6. The fraction of sp³-hybridized carbons (Fsp3) is 0.400. The van der Waals surface area contributed by atoms with Crippen LogP contribution in [0.15, 0.2) is 0 Å². The Kier molecular flexibility index (Phi) is 7.46. The highest BCUT2D eigenvalue weighted by atomic mass is 16.6. The Bertz CT molecular complexity index is 798. The molecule has 0 atom stereocenters. The van der Waals surface area contributed by atoms with E-state index >= 15 is 0 Å². The topological polar surface area (TPSA) is 124 Å². The lowest BCUT2D eigenvalue weighted by molar-refractivity contribution is 0.263. The highest BCUT2D eigenvalue weighted by Crippen LogP contribution is 2.62. The number of rotatable bonds is 10. The molecule has 0 saturated heterocycles. The minimum absolute atomic E-state index is 0.00670. The predicted octanol–water partition coefficient (Wildman–Crippen LogP) is 2.96. The molecule has 2 rings (SSSR count). The van der Waals surface area contributed by atoms with Crippen LogP contribution in [-0.4, -0.2) is 67.1 Å². The summed E-state index contributed by atoms with van der Waals surface area (Å²) in [4.78, 5) is 0. The van der Waals surface area contributed by atoms with Crippen molar-refractivity contribution in [3.8, 4) is 69.0 Å². The first-order valence-corrected chi connectivity index (χ1v) is 8.75. The first-order chi connectivity index (χ1) is 14.9. The maximum atomic E-state index is 10.5. The lowest BCUT2D eigenvalue weighted by atomic mass is 10.2. The quantitative estimate of drug-likeness (QED) is 0.564. The molecule has 2 N–H and O–H groups in total. The Labute approximate surface area is 179 Å². The molecule has 172 valence electrons. The van der Waals surface area contributed by atoms with Gasteiger partial charge in [-0.05, 0) is 0 Å². The summed E-state index contributed by atoms with van der Waals surface area (Å²) >= 11 is 0. The van der Waals surface area contributed by atoms with E-state index < -0.39 is 0 Å². The van der Waals surface area contributed by atoms with E-state index in [0.717, 1.165) is 0 Å². The van der Waals surface area contributed by atoms with Crippen molar-refractivity contribution >= 4 is 0 Å². The van der Waals surface area contributed by atoms with Crippen LogP contribution in [0.1, 0.15) is 0 Å². The number of methoxy groups -OCH3 is 8. The average molecular weight is 442 g/mol. The minimum atomic E-state index is -0.356. The van der Waals surface area contributed by atoms with Crippen LogP contribution in [-0.2, 0) is 0 Å². The molecule has 31 heavy (non-hydrogen) atoms. The van der Waals surface area contributed by atoms with Crippen molar-refractivity contribution in [1.29, 1.82) is 0 Å². The largest absolute Gasteiger partial charge is 0.501 e. The number of phenols is 2. The maximum Gasteiger partial charge on any atom is 0.219 e. The smallest absolute Gasteiger partial charge is 0.219 e. The van der Waals surface area contributed by atoms with Gasteiger partial charge in [0.15, 0.2) is 0 Å². The highest BCUT2D eigenvalue weighted by molar-refractivity contribution is 5.77. The maximum absolute atomic E-state index is 10.5. The van der Waals surface area contributed by atoms with Crippen molar-refractivity contribution in [2.24, 2.45) is 0 Å². The van der Waals surface area contributed by atoms with Crippen LogP contribution in [0.25, 0.3) is 0 Å². The third-order valence-corrected chi connectivity index (χ3v) is 4.35. The molecule has 0 aliphatic rings. The summed E-state index contributed by atoms with van der Waals surface area (Å²) in [6.07, 6.45) is 0. The van der Waals surface area contributed by atoms with Gasteiger partial charge in [-0.2, -0.15) is 0 Å². The molecule has 2 aromatic carbocycles. The fourth-order valence-corrected chi connectivity index (χ4v) is 3.04. The van der Waals surface area contributed by atoms with Crippen molar-refractivity contribution in [2.45, 2.75) is 0 Å². The molecule has 0 unspecified atom stereocenters. The highest BCUT2D eigenvalue weighted by Gasteiger charge is 2.34. The summed E-state index contributed by atoms with van der Waals surface area (Å²) < 4.78 is 48.8. The standard InChI is InChI=1S/C20H26O11/c1-23-11-9(21)12(24-2)16(28-6)19(15(11)27-5)31-20-17(29-7)13(25-3)10(22)14(26-4)18(20)30-8/h21-22H,1-8H3. The second kappa shape index (κ2) is 9.83. The Balaban J connectivity index is 2.96. The van der Waals surface area contributed by atoms with Crippen LogP contribution >= 0.6 is 0 Å². The van der Waals surface area contributed by atoms with E-state index in [1.54, 1.807) is 0 Å². The zero-order chi connectivity index (χ0) is 23.3. The second-order valence-electron chi connectivity index (χ2n) is 5.72. The Morgan fingerprint density at radius 3 is 0.677 bits per heavy atom. The number of ether oxygens (including phenoxy) is 9. The van der Waals surface area contributed by atoms with Crippen LogP contribution < -0.4 is 42.6 Å². The number of aromatic hydroxyl groups is 2. The van der Waals surface area contributed by atoms with E-state index in [4.69, 9.17) is 42.6 Å². The molecule has 0 heterocycles. The van der Waals surface area contributed by atoms with Crippen LogP contribution in [0.3, 0.4) is 0 Å².